The number of hydrazone groups is 1. The first-order valence-corrected chi connectivity index (χ1v) is 9.07. The van der Waals surface area contributed by atoms with Crippen LogP contribution in [0.25, 0.3) is 0 Å². The summed E-state index contributed by atoms with van der Waals surface area (Å²) in [7, 11) is 0. The van der Waals surface area contributed by atoms with Crippen LogP contribution >= 0.6 is 0 Å². The van der Waals surface area contributed by atoms with Crippen LogP contribution in [-0.4, -0.2) is 27.9 Å². The van der Waals surface area contributed by atoms with Gasteiger partial charge in [-0.1, -0.05) is 24.3 Å². The van der Waals surface area contributed by atoms with E-state index in [1.165, 1.54) is 54.7 Å². The molecule has 0 aliphatic rings. The van der Waals surface area contributed by atoms with Crippen LogP contribution in [0.4, 0.5) is 17.1 Å². The number of rotatable bonds is 7. The van der Waals surface area contributed by atoms with Crippen LogP contribution in [0.15, 0.2) is 77.9 Å². The largest absolute Gasteiger partial charge is 0.322 e. The van der Waals surface area contributed by atoms with E-state index in [0.717, 1.165) is 6.07 Å². The lowest BCUT2D eigenvalue weighted by Crippen LogP contribution is -2.18. The van der Waals surface area contributed by atoms with E-state index in [1.54, 1.807) is 18.2 Å². The number of benzene rings is 3. The van der Waals surface area contributed by atoms with Crippen LogP contribution in [0.5, 0.6) is 0 Å². The summed E-state index contributed by atoms with van der Waals surface area (Å²) in [5.41, 5.74) is 3.00. The van der Waals surface area contributed by atoms with Crippen molar-refractivity contribution >= 4 is 35.1 Å². The second kappa shape index (κ2) is 9.71. The van der Waals surface area contributed by atoms with Crippen molar-refractivity contribution in [2.45, 2.75) is 0 Å². The molecule has 2 amide bonds. The number of non-ortho nitro benzene ring substituents is 2. The van der Waals surface area contributed by atoms with Gasteiger partial charge in [0.05, 0.1) is 16.1 Å². The molecule has 0 heterocycles. The summed E-state index contributed by atoms with van der Waals surface area (Å²) in [5, 5.41) is 28.0. The molecule has 3 aromatic rings. The summed E-state index contributed by atoms with van der Waals surface area (Å²) in [6.45, 7) is 0. The molecule has 0 bridgehead atoms. The molecule has 2 N–H and O–H groups in total. The highest BCUT2D eigenvalue weighted by atomic mass is 16.6. The third-order valence-electron chi connectivity index (χ3n) is 4.16. The van der Waals surface area contributed by atoms with Gasteiger partial charge in [-0.25, -0.2) is 5.43 Å². The minimum absolute atomic E-state index is 0.0932. The van der Waals surface area contributed by atoms with E-state index in [1.807, 2.05) is 0 Å². The van der Waals surface area contributed by atoms with Gasteiger partial charge in [0.25, 0.3) is 23.2 Å². The molecule has 0 atom stereocenters. The fraction of sp³-hybridized carbons (Fsp3) is 0. The third kappa shape index (κ3) is 5.57. The Morgan fingerprint density at radius 1 is 0.781 bits per heavy atom. The number of nitrogens with one attached hydrogen (secondary N) is 2. The molecule has 11 nitrogen and oxygen atoms in total. The van der Waals surface area contributed by atoms with E-state index < -0.39 is 21.7 Å². The minimum Gasteiger partial charge on any atom is -0.322 e. The second-order valence-electron chi connectivity index (χ2n) is 6.39. The first kappa shape index (κ1) is 21.8. The van der Waals surface area contributed by atoms with Gasteiger partial charge in [0.1, 0.15) is 0 Å². The summed E-state index contributed by atoms with van der Waals surface area (Å²) < 4.78 is 0. The third-order valence-corrected chi connectivity index (χ3v) is 4.16. The molecule has 160 valence electrons. The predicted molar refractivity (Wildman–Crippen MR) is 116 cm³/mol. The average molecular weight is 433 g/mol. The molecule has 0 spiro atoms. The SMILES string of the molecule is O=C(N/N=C/c1cccc([N+](=O)[O-])c1)c1cccc(NC(=O)c2cccc([N+](=O)[O-])c2)c1. The molecule has 0 aromatic heterocycles. The van der Waals surface area contributed by atoms with E-state index >= 15 is 0 Å². The number of nitrogens with zero attached hydrogens (tertiary/aromatic N) is 3. The van der Waals surface area contributed by atoms with Crippen molar-refractivity contribution in [1.82, 2.24) is 5.43 Å². The van der Waals surface area contributed by atoms with Crippen LogP contribution < -0.4 is 10.7 Å². The Hall–Kier alpha value is -4.93. The fourth-order valence-electron chi connectivity index (χ4n) is 2.65. The summed E-state index contributed by atoms with van der Waals surface area (Å²) in [5.74, 6) is -1.15. The maximum atomic E-state index is 12.4. The highest BCUT2D eigenvalue weighted by molar-refractivity contribution is 6.05. The van der Waals surface area contributed by atoms with Gasteiger partial charge in [-0.05, 0) is 24.3 Å². The van der Waals surface area contributed by atoms with Crippen molar-refractivity contribution in [3.8, 4) is 0 Å². The lowest BCUT2D eigenvalue weighted by Gasteiger charge is -2.07. The summed E-state index contributed by atoms with van der Waals surface area (Å²) in [6.07, 6.45) is 1.26. The normalized spacial score (nSPS) is 10.5. The Labute approximate surface area is 180 Å². The zero-order valence-corrected chi connectivity index (χ0v) is 16.3. The topological polar surface area (TPSA) is 157 Å². The van der Waals surface area contributed by atoms with Crippen LogP contribution in [0.1, 0.15) is 26.3 Å². The van der Waals surface area contributed by atoms with E-state index in [0.29, 0.717) is 11.3 Å². The standard InChI is InChI=1S/C21H15N5O6/c27-20(16-6-3-9-19(12-16)26(31)32)23-17-7-2-5-15(11-17)21(28)24-22-13-14-4-1-8-18(10-14)25(29)30/h1-13H,(H,23,27)(H,24,28)/b22-13+. The molecule has 0 saturated carbocycles. The molecule has 3 rings (SSSR count). The Bertz CT molecular complexity index is 1240. The Morgan fingerprint density at radius 3 is 2.06 bits per heavy atom. The van der Waals surface area contributed by atoms with Gasteiger partial charge < -0.3 is 5.32 Å². The van der Waals surface area contributed by atoms with Gasteiger partial charge in [0.2, 0.25) is 0 Å². The van der Waals surface area contributed by atoms with Gasteiger partial charge in [0, 0.05) is 46.6 Å². The maximum absolute atomic E-state index is 12.4. The molecule has 11 heteroatoms. The van der Waals surface area contributed by atoms with E-state index in [2.05, 4.69) is 15.8 Å². The molecule has 0 fully saturated rings. The lowest BCUT2D eigenvalue weighted by atomic mass is 10.1. The zero-order chi connectivity index (χ0) is 23.1. The van der Waals surface area contributed by atoms with Crippen LogP contribution in [0.2, 0.25) is 0 Å². The monoisotopic (exact) mass is 433 g/mol. The molecule has 0 unspecified atom stereocenters. The Morgan fingerprint density at radius 2 is 1.38 bits per heavy atom. The molecule has 0 radical (unpaired) electrons. The number of hydrogen-bond donors (Lipinski definition) is 2. The number of nitro benzene ring substituents is 2. The summed E-state index contributed by atoms with van der Waals surface area (Å²) in [6, 6.07) is 17.0. The molecular weight excluding hydrogens is 418 g/mol. The Kier molecular flexibility index (Phi) is 6.61. The first-order chi connectivity index (χ1) is 15.3. The highest BCUT2D eigenvalue weighted by Crippen LogP contribution is 2.16. The van der Waals surface area contributed by atoms with Gasteiger partial charge >= 0.3 is 0 Å². The number of carbonyl (C=O) groups excluding carboxylic acids is 2. The van der Waals surface area contributed by atoms with Gasteiger partial charge in [-0.2, -0.15) is 5.10 Å². The van der Waals surface area contributed by atoms with Crippen molar-refractivity contribution < 1.29 is 19.4 Å². The molecule has 3 aromatic carbocycles. The van der Waals surface area contributed by atoms with Crippen molar-refractivity contribution in [3.63, 3.8) is 0 Å². The summed E-state index contributed by atoms with van der Waals surface area (Å²) >= 11 is 0. The van der Waals surface area contributed by atoms with Crippen molar-refractivity contribution in [2.24, 2.45) is 5.10 Å². The first-order valence-electron chi connectivity index (χ1n) is 9.07. The van der Waals surface area contributed by atoms with E-state index in [9.17, 15) is 29.8 Å². The van der Waals surface area contributed by atoms with Gasteiger partial charge in [-0.15, -0.1) is 0 Å². The van der Waals surface area contributed by atoms with Crippen LogP contribution in [0.3, 0.4) is 0 Å². The van der Waals surface area contributed by atoms with E-state index in [4.69, 9.17) is 0 Å². The minimum atomic E-state index is -0.601. The number of anilines is 1. The van der Waals surface area contributed by atoms with Crippen LogP contribution in [-0.2, 0) is 0 Å². The number of amides is 2. The van der Waals surface area contributed by atoms with Crippen molar-refractivity contribution in [3.05, 3.63) is 110 Å². The van der Waals surface area contributed by atoms with Crippen LogP contribution in [0, 0.1) is 20.2 Å². The van der Waals surface area contributed by atoms with Crippen molar-refractivity contribution in [1.29, 1.82) is 0 Å². The number of carbonyl (C=O) groups is 2. The smallest absolute Gasteiger partial charge is 0.271 e. The zero-order valence-electron chi connectivity index (χ0n) is 16.3. The van der Waals surface area contributed by atoms with Gasteiger partial charge in [-0.3, -0.25) is 29.8 Å². The van der Waals surface area contributed by atoms with E-state index in [-0.39, 0.29) is 22.5 Å². The van der Waals surface area contributed by atoms with Gasteiger partial charge in [0.15, 0.2) is 0 Å². The quantitative estimate of drug-likeness (QED) is 0.330. The average Bonchev–Trinajstić information content (AvgIpc) is 2.79. The number of nitro groups is 2. The second-order valence-corrected chi connectivity index (χ2v) is 6.39. The molecule has 32 heavy (non-hydrogen) atoms. The molecular formula is C21H15N5O6. The highest BCUT2D eigenvalue weighted by Gasteiger charge is 2.13. The fourth-order valence-corrected chi connectivity index (χ4v) is 2.65. The molecule has 0 aliphatic carbocycles. The molecule has 0 aliphatic heterocycles. The van der Waals surface area contributed by atoms with Crippen molar-refractivity contribution in [2.75, 3.05) is 5.32 Å². The Balaban J connectivity index is 1.66. The summed E-state index contributed by atoms with van der Waals surface area (Å²) in [4.78, 5) is 45.2. The lowest BCUT2D eigenvalue weighted by molar-refractivity contribution is -0.385. The molecule has 0 saturated heterocycles. The predicted octanol–water partition coefficient (Wildman–Crippen LogP) is 3.52. The maximum Gasteiger partial charge on any atom is 0.271 e. The number of hydrogen-bond acceptors (Lipinski definition) is 7.